The number of hydrogen-bond acceptors (Lipinski definition) is 5. The topological polar surface area (TPSA) is 60.2 Å². The normalized spacial score (nSPS) is 32.8. The first kappa shape index (κ1) is 15.5. The average Bonchev–Trinajstić information content (AvgIpc) is 3.01. The molecule has 1 N–H and O–H groups in total. The monoisotopic (exact) mass is 359 g/mol. The standard InChI is InChI=1S/C19H22ClN3O2/c1-24-16-3-2-14(20)7-15(16)17-22-23-18(25-17)21-19-8-11-4-12(9-19)6-13(5-11)10-19/h2-3,7,11-13H,4-6,8-10H2,1H3,(H,21,23). The van der Waals surface area contributed by atoms with Crippen molar-refractivity contribution in [2.75, 3.05) is 12.4 Å². The van der Waals surface area contributed by atoms with Gasteiger partial charge in [-0.05, 0) is 74.5 Å². The van der Waals surface area contributed by atoms with Crippen molar-refractivity contribution in [1.82, 2.24) is 10.2 Å². The molecule has 4 bridgehead atoms. The lowest BCUT2D eigenvalue weighted by atomic mass is 9.53. The maximum Gasteiger partial charge on any atom is 0.316 e. The molecule has 4 aliphatic carbocycles. The summed E-state index contributed by atoms with van der Waals surface area (Å²) in [7, 11) is 1.62. The number of benzene rings is 1. The van der Waals surface area contributed by atoms with Crippen molar-refractivity contribution < 1.29 is 9.15 Å². The van der Waals surface area contributed by atoms with Gasteiger partial charge in [0.2, 0.25) is 0 Å². The lowest BCUT2D eigenvalue weighted by Gasteiger charge is -2.56. The van der Waals surface area contributed by atoms with Gasteiger partial charge in [0, 0.05) is 10.6 Å². The van der Waals surface area contributed by atoms with E-state index in [1.165, 1.54) is 38.5 Å². The lowest BCUT2D eigenvalue weighted by molar-refractivity contribution is 0.00964. The Morgan fingerprint density at radius 1 is 1.12 bits per heavy atom. The van der Waals surface area contributed by atoms with Crippen molar-refractivity contribution in [3.05, 3.63) is 23.2 Å². The third kappa shape index (κ3) is 2.69. The van der Waals surface area contributed by atoms with Crippen molar-refractivity contribution in [3.8, 4) is 17.2 Å². The molecule has 4 aliphatic rings. The fraction of sp³-hybridized carbons (Fsp3) is 0.579. The predicted octanol–water partition coefficient (Wildman–Crippen LogP) is 4.78. The van der Waals surface area contributed by atoms with Crippen molar-refractivity contribution in [1.29, 1.82) is 0 Å². The molecule has 6 rings (SSSR count). The van der Waals surface area contributed by atoms with E-state index in [0.717, 1.165) is 23.3 Å². The summed E-state index contributed by atoms with van der Waals surface area (Å²) in [6, 6.07) is 5.91. The van der Waals surface area contributed by atoms with Crippen molar-refractivity contribution in [2.24, 2.45) is 17.8 Å². The van der Waals surface area contributed by atoms with Crippen LogP contribution in [0.3, 0.4) is 0 Å². The van der Waals surface area contributed by atoms with E-state index in [1.807, 2.05) is 6.07 Å². The largest absolute Gasteiger partial charge is 0.496 e. The Balaban J connectivity index is 1.41. The SMILES string of the molecule is COc1ccc(Cl)cc1-c1nnc(NC23CC4CC(CC(C4)C2)C3)o1. The number of hydrogen-bond donors (Lipinski definition) is 1. The van der Waals surface area contributed by atoms with E-state index in [1.54, 1.807) is 19.2 Å². The number of methoxy groups -OCH3 is 1. The molecule has 1 aromatic carbocycles. The number of nitrogens with one attached hydrogen (secondary N) is 1. The Morgan fingerprint density at radius 3 is 2.44 bits per heavy atom. The lowest BCUT2D eigenvalue weighted by Crippen LogP contribution is -2.54. The summed E-state index contributed by atoms with van der Waals surface area (Å²) in [5.74, 6) is 3.72. The maximum atomic E-state index is 6.11. The van der Waals surface area contributed by atoms with Crippen molar-refractivity contribution >= 4 is 17.6 Å². The fourth-order valence-electron chi connectivity index (χ4n) is 5.72. The second-order valence-electron chi connectivity index (χ2n) is 8.08. The summed E-state index contributed by atoms with van der Waals surface area (Å²) in [5.41, 5.74) is 0.873. The van der Waals surface area contributed by atoms with E-state index in [0.29, 0.717) is 22.7 Å². The van der Waals surface area contributed by atoms with Crippen LogP contribution in [0.25, 0.3) is 11.5 Å². The smallest absolute Gasteiger partial charge is 0.316 e. The van der Waals surface area contributed by atoms with Gasteiger partial charge in [0.15, 0.2) is 0 Å². The minimum Gasteiger partial charge on any atom is -0.496 e. The Kier molecular flexibility index (Phi) is 3.49. The Labute approximate surface area is 152 Å². The van der Waals surface area contributed by atoms with Gasteiger partial charge in [-0.2, -0.15) is 0 Å². The van der Waals surface area contributed by atoms with Crippen LogP contribution < -0.4 is 10.1 Å². The summed E-state index contributed by atoms with van der Waals surface area (Å²) in [5, 5.41) is 12.7. The molecule has 2 aromatic rings. The van der Waals surface area contributed by atoms with E-state index < -0.39 is 0 Å². The second kappa shape index (κ2) is 5.63. The van der Waals surface area contributed by atoms with Crippen LogP contribution >= 0.6 is 11.6 Å². The zero-order valence-corrected chi connectivity index (χ0v) is 15.1. The van der Waals surface area contributed by atoms with Gasteiger partial charge < -0.3 is 14.5 Å². The molecule has 0 radical (unpaired) electrons. The minimum absolute atomic E-state index is 0.150. The van der Waals surface area contributed by atoms with Crippen LogP contribution in [0.2, 0.25) is 5.02 Å². The number of ether oxygens (including phenoxy) is 1. The molecule has 0 unspecified atom stereocenters. The molecular weight excluding hydrogens is 338 g/mol. The van der Waals surface area contributed by atoms with Crippen molar-refractivity contribution in [3.63, 3.8) is 0 Å². The fourth-order valence-corrected chi connectivity index (χ4v) is 5.89. The summed E-state index contributed by atoms with van der Waals surface area (Å²) in [6.45, 7) is 0. The highest BCUT2D eigenvalue weighted by Crippen LogP contribution is 2.56. The number of halogens is 1. The van der Waals surface area contributed by atoms with Crippen LogP contribution in [0.1, 0.15) is 38.5 Å². The second-order valence-corrected chi connectivity index (χ2v) is 8.52. The predicted molar refractivity (Wildman–Crippen MR) is 95.8 cm³/mol. The van der Waals surface area contributed by atoms with E-state index >= 15 is 0 Å². The zero-order chi connectivity index (χ0) is 17.0. The summed E-state index contributed by atoms with van der Waals surface area (Å²) in [6.07, 6.45) is 7.94. The first-order chi connectivity index (χ1) is 12.1. The number of rotatable bonds is 4. The van der Waals surface area contributed by atoms with Gasteiger partial charge in [-0.15, -0.1) is 5.10 Å². The molecule has 25 heavy (non-hydrogen) atoms. The van der Waals surface area contributed by atoms with Crippen LogP contribution in [0.5, 0.6) is 5.75 Å². The van der Waals surface area contributed by atoms with Gasteiger partial charge in [-0.3, -0.25) is 0 Å². The number of anilines is 1. The van der Waals surface area contributed by atoms with E-state index in [-0.39, 0.29) is 5.54 Å². The van der Waals surface area contributed by atoms with Crippen LogP contribution in [0, 0.1) is 17.8 Å². The maximum absolute atomic E-state index is 6.11. The third-order valence-electron chi connectivity index (χ3n) is 6.23. The Hall–Kier alpha value is -1.75. The highest BCUT2D eigenvalue weighted by atomic mass is 35.5. The van der Waals surface area contributed by atoms with Gasteiger partial charge in [-0.25, -0.2) is 0 Å². The molecule has 4 fully saturated rings. The van der Waals surface area contributed by atoms with Gasteiger partial charge in [0.1, 0.15) is 5.75 Å². The molecule has 5 nitrogen and oxygen atoms in total. The van der Waals surface area contributed by atoms with E-state index in [4.69, 9.17) is 20.8 Å². The third-order valence-corrected chi connectivity index (χ3v) is 6.46. The molecule has 0 spiro atoms. The highest BCUT2D eigenvalue weighted by molar-refractivity contribution is 6.30. The van der Waals surface area contributed by atoms with Gasteiger partial charge in [0.25, 0.3) is 5.89 Å². The molecule has 6 heteroatoms. The van der Waals surface area contributed by atoms with Gasteiger partial charge >= 0.3 is 6.01 Å². The Bertz CT molecular complexity index is 768. The molecule has 0 amide bonds. The molecule has 1 heterocycles. The summed E-state index contributed by atoms with van der Waals surface area (Å²) in [4.78, 5) is 0. The Morgan fingerprint density at radius 2 is 1.80 bits per heavy atom. The zero-order valence-electron chi connectivity index (χ0n) is 14.3. The van der Waals surface area contributed by atoms with Crippen LogP contribution in [0.15, 0.2) is 22.6 Å². The number of aromatic nitrogens is 2. The van der Waals surface area contributed by atoms with Crippen LogP contribution in [-0.4, -0.2) is 22.8 Å². The molecule has 0 atom stereocenters. The van der Waals surface area contributed by atoms with Gasteiger partial charge in [0.05, 0.1) is 12.7 Å². The molecule has 4 saturated carbocycles. The molecule has 0 aliphatic heterocycles. The quantitative estimate of drug-likeness (QED) is 0.851. The molecule has 132 valence electrons. The molecular formula is C19H22ClN3O2. The van der Waals surface area contributed by atoms with E-state index in [2.05, 4.69) is 15.5 Å². The average molecular weight is 360 g/mol. The minimum atomic E-state index is 0.150. The summed E-state index contributed by atoms with van der Waals surface area (Å²) < 4.78 is 11.3. The molecule has 0 saturated heterocycles. The summed E-state index contributed by atoms with van der Waals surface area (Å²) >= 11 is 6.11. The van der Waals surface area contributed by atoms with E-state index in [9.17, 15) is 0 Å². The van der Waals surface area contributed by atoms with Gasteiger partial charge in [-0.1, -0.05) is 16.7 Å². The van der Waals surface area contributed by atoms with Crippen LogP contribution in [-0.2, 0) is 0 Å². The first-order valence-electron chi connectivity index (χ1n) is 9.08. The van der Waals surface area contributed by atoms with Crippen molar-refractivity contribution in [2.45, 2.75) is 44.1 Å². The number of nitrogens with zero attached hydrogens (tertiary/aromatic N) is 2. The highest BCUT2D eigenvalue weighted by Gasteiger charge is 2.51. The molecule has 1 aromatic heterocycles. The van der Waals surface area contributed by atoms with Crippen LogP contribution in [0.4, 0.5) is 6.01 Å². The first-order valence-corrected chi connectivity index (χ1v) is 9.46.